The van der Waals surface area contributed by atoms with Gasteiger partial charge in [0.15, 0.2) is 0 Å². The smallest absolute Gasteiger partial charge is 0.220 e. The van der Waals surface area contributed by atoms with E-state index in [-0.39, 0.29) is 11.8 Å². The predicted molar refractivity (Wildman–Crippen MR) is 95.7 cm³/mol. The van der Waals surface area contributed by atoms with Crippen molar-refractivity contribution in [2.75, 3.05) is 18.0 Å². The monoisotopic (exact) mass is 324 g/mol. The van der Waals surface area contributed by atoms with Crippen LogP contribution in [0.25, 0.3) is 11.3 Å². The van der Waals surface area contributed by atoms with Gasteiger partial charge in [0, 0.05) is 37.1 Å². The third-order valence-electron chi connectivity index (χ3n) is 4.64. The van der Waals surface area contributed by atoms with Gasteiger partial charge < -0.3 is 10.6 Å². The van der Waals surface area contributed by atoms with Crippen molar-refractivity contribution in [1.82, 2.24) is 9.97 Å². The number of aromatic nitrogens is 2. The maximum Gasteiger partial charge on any atom is 0.220 e. The van der Waals surface area contributed by atoms with Crippen LogP contribution >= 0.6 is 0 Å². The average Bonchev–Trinajstić information content (AvgIpc) is 2.62. The van der Waals surface area contributed by atoms with E-state index in [1.165, 1.54) is 5.56 Å². The van der Waals surface area contributed by atoms with Gasteiger partial charge in [-0.3, -0.25) is 4.79 Å². The number of hydrogen-bond acceptors (Lipinski definition) is 4. The van der Waals surface area contributed by atoms with E-state index in [9.17, 15) is 4.79 Å². The molecule has 2 N–H and O–H groups in total. The lowest BCUT2D eigenvalue weighted by Crippen LogP contribution is -2.39. The Morgan fingerprint density at radius 3 is 2.46 bits per heavy atom. The molecule has 0 unspecified atom stereocenters. The molecule has 24 heavy (non-hydrogen) atoms. The minimum absolute atomic E-state index is 0.00898. The van der Waals surface area contributed by atoms with Gasteiger partial charge in [-0.2, -0.15) is 0 Å². The zero-order chi connectivity index (χ0) is 17.1. The molecular formula is C19H24N4O. The van der Waals surface area contributed by atoms with E-state index in [0.717, 1.165) is 55.3 Å². The molecule has 1 aliphatic heterocycles. The van der Waals surface area contributed by atoms with E-state index in [4.69, 9.17) is 5.73 Å². The van der Waals surface area contributed by atoms with Crippen LogP contribution < -0.4 is 10.6 Å². The Morgan fingerprint density at radius 1 is 1.21 bits per heavy atom. The molecule has 5 nitrogen and oxygen atoms in total. The Balaban J connectivity index is 1.87. The van der Waals surface area contributed by atoms with E-state index >= 15 is 0 Å². The third-order valence-corrected chi connectivity index (χ3v) is 4.64. The molecule has 0 aliphatic carbocycles. The second kappa shape index (κ2) is 6.99. The summed E-state index contributed by atoms with van der Waals surface area (Å²) in [4.78, 5) is 22.9. The summed E-state index contributed by atoms with van der Waals surface area (Å²) < 4.78 is 0. The van der Waals surface area contributed by atoms with Crippen LogP contribution in [0.4, 0.5) is 5.82 Å². The first-order valence-corrected chi connectivity index (χ1v) is 8.56. The molecule has 0 atom stereocenters. The Labute approximate surface area is 142 Å². The number of nitrogens with two attached hydrogens (primary N) is 1. The second-order valence-electron chi connectivity index (χ2n) is 6.41. The minimum atomic E-state index is -0.188. The summed E-state index contributed by atoms with van der Waals surface area (Å²) in [5.41, 5.74) is 8.72. The summed E-state index contributed by atoms with van der Waals surface area (Å²) in [5, 5.41) is 0. The molecule has 1 fully saturated rings. The van der Waals surface area contributed by atoms with Crippen LogP contribution in [-0.4, -0.2) is 29.0 Å². The standard InChI is InChI=1S/C19H24N4O/c1-3-17-21-16(14-6-4-13(2)5-7-14)12-18(22-17)23-10-8-15(9-11-23)19(20)24/h4-7,12,15H,3,8-11H2,1-2H3,(H2,20,24). The summed E-state index contributed by atoms with van der Waals surface area (Å²) in [6.07, 6.45) is 2.38. The van der Waals surface area contributed by atoms with Crippen LogP contribution in [0.1, 0.15) is 31.2 Å². The summed E-state index contributed by atoms with van der Waals surface area (Å²) in [5.74, 6) is 1.60. The molecule has 0 bridgehead atoms. The minimum Gasteiger partial charge on any atom is -0.369 e. The molecule has 0 saturated carbocycles. The lowest BCUT2D eigenvalue weighted by atomic mass is 9.96. The van der Waals surface area contributed by atoms with E-state index in [1.807, 2.05) is 0 Å². The van der Waals surface area contributed by atoms with Gasteiger partial charge in [0.25, 0.3) is 0 Å². The zero-order valence-electron chi connectivity index (χ0n) is 14.3. The quantitative estimate of drug-likeness (QED) is 0.938. The molecule has 2 aromatic rings. The van der Waals surface area contributed by atoms with Crippen molar-refractivity contribution in [3.63, 3.8) is 0 Å². The second-order valence-corrected chi connectivity index (χ2v) is 6.41. The van der Waals surface area contributed by atoms with E-state index in [2.05, 4.69) is 59.0 Å². The number of benzene rings is 1. The van der Waals surface area contributed by atoms with Crippen LogP contribution in [0.2, 0.25) is 0 Å². The number of rotatable bonds is 4. The van der Waals surface area contributed by atoms with Gasteiger partial charge in [-0.25, -0.2) is 9.97 Å². The van der Waals surface area contributed by atoms with Gasteiger partial charge in [-0.05, 0) is 19.8 Å². The molecule has 126 valence electrons. The van der Waals surface area contributed by atoms with Crippen molar-refractivity contribution >= 4 is 11.7 Å². The first kappa shape index (κ1) is 16.4. The van der Waals surface area contributed by atoms with Crippen molar-refractivity contribution in [2.45, 2.75) is 33.1 Å². The molecule has 1 aromatic carbocycles. The summed E-state index contributed by atoms with van der Waals surface area (Å²) >= 11 is 0. The molecule has 1 aliphatic rings. The first-order chi connectivity index (χ1) is 11.6. The molecular weight excluding hydrogens is 300 g/mol. The highest BCUT2D eigenvalue weighted by Crippen LogP contribution is 2.26. The van der Waals surface area contributed by atoms with Crippen LogP contribution in [-0.2, 0) is 11.2 Å². The fourth-order valence-corrected chi connectivity index (χ4v) is 3.07. The number of aryl methyl sites for hydroxylation is 2. The Bertz CT molecular complexity index is 719. The number of amides is 1. The van der Waals surface area contributed by atoms with Crippen LogP contribution in [0, 0.1) is 12.8 Å². The van der Waals surface area contributed by atoms with Gasteiger partial charge in [-0.1, -0.05) is 36.8 Å². The van der Waals surface area contributed by atoms with Gasteiger partial charge in [-0.15, -0.1) is 0 Å². The van der Waals surface area contributed by atoms with Crippen LogP contribution in [0.5, 0.6) is 0 Å². The number of piperidine rings is 1. The molecule has 1 saturated heterocycles. The number of hydrogen-bond donors (Lipinski definition) is 1. The van der Waals surface area contributed by atoms with Gasteiger partial charge in [0.2, 0.25) is 5.91 Å². The molecule has 3 rings (SSSR count). The molecule has 1 amide bonds. The maximum absolute atomic E-state index is 11.3. The van der Waals surface area contributed by atoms with Crippen molar-refractivity contribution in [3.05, 3.63) is 41.7 Å². The third kappa shape index (κ3) is 3.55. The lowest BCUT2D eigenvalue weighted by molar-refractivity contribution is -0.122. The highest BCUT2D eigenvalue weighted by Gasteiger charge is 2.24. The molecule has 0 radical (unpaired) electrons. The van der Waals surface area contributed by atoms with Crippen LogP contribution in [0.3, 0.4) is 0 Å². The van der Waals surface area contributed by atoms with Crippen LogP contribution in [0.15, 0.2) is 30.3 Å². The number of anilines is 1. The van der Waals surface area contributed by atoms with Gasteiger partial charge in [0.1, 0.15) is 11.6 Å². The fourth-order valence-electron chi connectivity index (χ4n) is 3.07. The van der Waals surface area contributed by atoms with Crippen molar-refractivity contribution < 1.29 is 4.79 Å². The Morgan fingerprint density at radius 2 is 1.88 bits per heavy atom. The largest absolute Gasteiger partial charge is 0.369 e. The summed E-state index contributed by atoms with van der Waals surface area (Å²) in [7, 11) is 0. The topological polar surface area (TPSA) is 72.1 Å². The van der Waals surface area contributed by atoms with Gasteiger partial charge in [0.05, 0.1) is 5.69 Å². The van der Waals surface area contributed by atoms with Gasteiger partial charge >= 0.3 is 0 Å². The fraction of sp³-hybridized carbons (Fsp3) is 0.421. The summed E-state index contributed by atoms with van der Waals surface area (Å²) in [6, 6.07) is 10.4. The number of nitrogens with zero attached hydrogens (tertiary/aromatic N) is 3. The van der Waals surface area contributed by atoms with Crippen molar-refractivity contribution in [3.8, 4) is 11.3 Å². The lowest BCUT2D eigenvalue weighted by Gasteiger charge is -2.31. The number of carbonyl (C=O) groups is 1. The number of primary amides is 1. The maximum atomic E-state index is 11.3. The summed E-state index contributed by atoms with van der Waals surface area (Å²) in [6.45, 7) is 5.76. The van der Waals surface area contributed by atoms with E-state index in [1.54, 1.807) is 0 Å². The van der Waals surface area contributed by atoms with E-state index < -0.39 is 0 Å². The average molecular weight is 324 g/mol. The SMILES string of the molecule is CCc1nc(-c2ccc(C)cc2)cc(N2CCC(C(N)=O)CC2)n1. The predicted octanol–water partition coefficient (Wildman–Crippen LogP) is 2.72. The molecule has 5 heteroatoms. The first-order valence-electron chi connectivity index (χ1n) is 8.56. The normalized spacial score (nSPS) is 15.5. The molecule has 2 heterocycles. The zero-order valence-corrected chi connectivity index (χ0v) is 14.3. The van der Waals surface area contributed by atoms with Crippen molar-refractivity contribution in [2.24, 2.45) is 11.7 Å². The molecule has 1 aromatic heterocycles. The highest BCUT2D eigenvalue weighted by atomic mass is 16.1. The molecule has 0 spiro atoms. The Hall–Kier alpha value is -2.43. The number of carbonyl (C=O) groups excluding carboxylic acids is 1. The van der Waals surface area contributed by atoms with E-state index in [0.29, 0.717) is 0 Å². The highest BCUT2D eigenvalue weighted by molar-refractivity contribution is 5.77. The van der Waals surface area contributed by atoms with Crippen molar-refractivity contribution in [1.29, 1.82) is 0 Å². The Kier molecular flexibility index (Phi) is 4.79.